The first-order valence-corrected chi connectivity index (χ1v) is 3.23. The number of carbonyl (C=O) groups excluding carboxylic acids is 1. The lowest BCUT2D eigenvalue weighted by molar-refractivity contribution is -0.891. The van der Waals surface area contributed by atoms with Crippen molar-refractivity contribution in [1.82, 2.24) is 5.32 Å². The molecule has 0 spiro atoms. The van der Waals surface area contributed by atoms with E-state index in [1.54, 1.807) is 13.8 Å². The van der Waals surface area contributed by atoms with Crippen LogP contribution in [0.1, 0.15) is 13.8 Å². The van der Waals surface area contributed by atoms with E-state index in [-0.39, 0.29) is 12.6 Å². The summed E-state index contributed by atoms with van der Waals surface area (Å²) in [5.41, 5.74) is -0.819. The molecule has 0 aliphatic carbocycles. The molecular formula is C6H12N2O2. The standard InChI is InChI=1S/C6H12N2O2/c1-6(2)5(9)7-4-8(6,3)10/h4H2,1-3H3,(H,7,9). The molecule has 1 atom stereocenters. The molecule has 1 aliphatic heterocycles. The Labute approximate surface area is 60.0 Å². The Hall–Kier alpha value is -0.610. The Bertz CT molecular complexity index is 175. The summed E-state index contributed by atoms with van der Waals surface area (Å²) < 4.78 is -0.522. The molecule has 58 valence electrons. The number of hydrogen-bond acceptors (Lipinski definition) is 2. The van der Waals surface area contributed by atoms with Gasteiger partial charge in [-0.3, -0.25) is 4.79 Å². The SMILES string of the molecule is CC1(C)C(=O)NC[N+]1(C)[O-]. The minimum absolute atomic E-state index is 0.162. The van der Waals surface area contributed by atoms with Crippen LogP contribution in [-0.2, 0) is 4.79 Å². The molecule has 0 aromatic heterocycles. The predicted molar refractivity (Wildman–Crippen MR) is 36.6 cm³/mol. The molecule has 0 aromatic rings. The Morgan fingerprint density at radius 2 is 2.20 bits per heavy atom. The zero-order valence-corrected chi connectivity index (χ0v) is 6.47. The molecule has 1 rings (SSSR count). The van der Waals surface area contributed by atoms with E-state index in [0.717, 1.165) is 0 Å². The third kappa shape index (κ3) is 0.726. The van der Waals surface area contributed by atoms with Gasteiger partial charge < -0.3 is 15.2 Å². The summed E-state index contributed by atoms with van der Waals surface area (Å²) in [5, 5.41) is 13.9. The number of likely N-dealkylation sites (N-methyl/N-ethyl adjacent to an activating group) is 1. The van der Waals surface area contributed by atoms with Crippen LogP contribution in [-0.4, -0.2) is 29.8 Å². The summed E-state index contributed by atoms with van der Waals surface area (Å²) in [7, 11) is 1.50. The Balaban J connectivity index is 2.95. The van der Waals surface area contributed by atoms with Crippen molar-refractivity contribution in [3.05, 3.63) is 5.21 Å². The van der Waals surface area contributed by atoms with Crippen LogP contribution in [0, 0.1) is 5.21 Å². The third-order valence-electron chi connectivity index (χ3n) is 2.28. The fourth-order valence-corrected chi connectivity index (χ4v) is 0.851. The van der Waals surface area contributed by atoms with Crippen LogP contribution in [0.2, 0.25) is 0 Å². The molecule has 1 amide bonds. The van der Waals surface area contributed by atoms with Gasteiger partial charge in [0, 0.05) is 13.8 Å². The van der Waals surface area contributed by atoms with Crippen molar-refractivity contribution >= 4 is 5.91 Å². The predicted octanol–water partition coefficient (Wildman–Crippen LogP) is -0.203. The summed E-state index contributed by atoms with van der Waals surface area (Å²) in [4.78, 5) is 11.0. The molecule has 1 N–H and O–H groups in total. The average Bonchev–Trinajstić information content (AvgIpc) is 1.94. The van der Waals surface area contributed by atoms with Gasteiger partial charge in [-0.2, -0.15) is 0 Å². The highest BCUT2D eigenvalue weighted by molar-refractivity contribution is 5.85. The second-order valence-corrected chi connectivity index (χ2v) is 3.32. The maximum Gasteiger partial charge on any atom is 0.285 e. The Kier molecular flexibility index (Phi) is 1.28. The fraction of sp³-hybridized carbons (Fsp3) is 0.833. The summed E-state index contributed by atoms with van der Waals surface area (Å²) in [6.07, 6.45) is 0. The molecule has 0 saturated carbocycles. The molecule has 0 bridgehead atoms. The van der Waals surface area contributed by atoms with Gasteiger partial charge in [0.15, 0.2) is 12.2 Å². The van der Waals surface area contributed by atoms with Gasteiger partial charge in [0.05, 0.1) is 7.05 Å². The summed E-state index contributed by atoms with van der Waals surface area (Å²) in [6, 6.07) is 0. The molecule has 1 saturated heterocycles. The van der Waals surface area contributed by atoms with Gasteiger partial charge in [-0.05, 0) is 0 Å². The van der Waals surface area contributed by atoms with Gasteiger partial charge in [0.25, 0.3) is 5.91 Å². The maximum absolute atomic E-state index is 11.4. The van der Waals surface area contributed by atoms with Crippen molar-refractivity contribution in [2.75, 3.05) is 13.7 Å². The normalized spacial score (nSPS) is 37.8. The molecule has 1 heterocycles. The molecule has 0 radical (unpaired) electrons. The zero-order valence-electron chi connectivity index (χ0n) is 6.47. The highest BCUT2D eigenvalue weighted by Crippen LogP contribution is 2.24. The van der Waals surface area contributed by atoms with Crippen LogP contribution in [0.15, 0.2) is 0 Å². The number of hydroxylamine groups is 3. The van der Waals surface area contributed by atoms with E-state index in [1.165, 1.54) is 7.05 Å². The van der Waals surface area contributed by atoms with Gasteiger partial charge in [-0.25, -0.2) is 0 Å². The van der Waals surface area contributed by atoms with Crippen LogP contribution in [0.4, 0.5) is 0 Å². The van der Waals surface area contributed by atoms with Gasteiger partial charge in [0.1, 0.15) is 0 Å². The fourth-order valence-electron chi connectivity index (χ4n) is 0.851. The topological polar surface area (TPSA) is 52.2 Å². The summed E-state index contributed by atoms with van der Waals surface area (Å²) in [6.45, 7) is 3.50. The second-order valence-electron chi connectivity index (χ2n) is 3.32. The van der Waals surface area contributed by atoms with E-state index in [1.807, 2.05) is 0 Å². The van der Waals surface area contributed by atoms with E-state index in [4.69, 9.17) is 0 Å². The summed E-state index contributed by atoms with van der Waals surface area (Å²) in [5.74, 6) is -0.162. The lowest BCUT2D eigenvalue weighted by Gasteiger charge is -2.42. The lowest BCUT2D eigenvalue weighted by Crippen LogP contribution is -2.52. The molecule has 4 nitrogen and oxygen atoms in total. The van der Waals surface area contributed by atoms with Crippen LogP contribution < -0.4 is 5.32 Å². The van der Waals surface area contributed by atoms with Crippen molar-refractivity contribution in [3.63, 3.8) is 0 Å². The third-order valence-corrected chi connectivity index (χ3v) is 2.28. The van der Waals surface area contributed by atoms with Crippen molar-refractivity contribution < 1.29 is 9.44 Å². The minimum Gasteiger partial charge on any atom is -0.631 e. The molecule has 1 aliphatic rings. The monoisotopic (exact) mass is 144 g/mol. The molecular weight excluding hydrogens is 132 g/mol. The number of carbonyl (C=O) groups is 1. The number of amides is 1. The van der Waals surface area contributed by atoms with E-state index in [0.29, 0.717) is 0 Å². The smallest absolute Gasteiger partial charge is 0.285 e. The minimum atomic E-state index is -0.819. The second kappa shape index (κ2) is 1.71. The highest BCUT2D eigenvalue weighted by Gasteiger charge is 2.46. The Morgan fingerprint density at radius 3 is 2.30 bits per heavy atom. The number of rotatable bonds is 0. The zero-order chi connectivity index (χ0) is 7.99. The number of nitrogens with one attached hydrogen (secondary N) is 1. The first-order valence-electron chi connectivity index (χ1n) is 3.23. The van der Waals surface area contributed by atoms with Crippen molar-refractivity contribution in [2.45, 2.75) is 19.4 Å². The van der Waals surface area contributed by atoms with Crippen molar-refractivity contribution in [2.24, 2.45) is 0 Å². The van der Waals surface area contributed by atoms with Crippen LogP contribution in [0.25, 0.3) is 0 Å². The average molecular weight is 144 g/mol. The molecule has 10 heavy (non-hydrogen) atoms. The molecule has 1 fully saturated rings. The van der Waals surface area contributed by atoms with E-state index in [9.17, 15) is 10.0 Å². The molecule has 0 aromatic carbocycles. The van der Waals surface area contributed by atoms with E-state index >= 15 is 0 Å². The molecule has 1 unspecified atom stereocenters. The number of quaternary nitrogens is 1. The largest absolute Gasteiger partial charge is 0.631 e. The Morgan fingerprint density at radius 1 is 1.70 bits per heavy atom. The molecule has 4 heteroatoms. The highest BCUT2D eigenvalue weighted by atomic mass is 16.6. The van der Waals surface area contributed by atoms with E-state index < -0.39 is 10.2 Å². The van der Waals surface area contributed by atoms with E-state index in [2.05, 4.69) is 5.32 Å². The van der Waals surface area contributed by atoms with Gasteiger partial charge in [-0.15, -0.1) is 0 Å². The van der Waals surface area contributed by atoms with Crippen molar-refractivity contribution in [3.8, 4) is 0 Å². The van der Waals surface area contributed by atoms with Crippen LogP contribution in [0.5, 0.6) is 0 Å². The maximum atomic E-state index is 11.4. The van der Waals surface area contributed by atoms with Crippen LogP contribution in [0.3, 0.4) is 0 Å². The lowest BCUT2D eigenvalue weighted by atomic mass is 10.1. The first-order chi connectivity index (χ1) is 4.38. The first kappa shape index (κ1) is 7.50. The van der Waals surface area contributed by atoms with Gasteiger partial charge in [0.2, 0.25) is 0 Å². The van der Waals surface area contributed by atoms with Gasteiger partial charge in [-0.1, -0.05) is 0 Å². The summed E-state index contributed by atoms with van der Waals surface area (Å²) >= 11 is 0. The number of hydrogen-bond donors (Lipinski definition) is 1. The quantitative estimate of drug-likeness (QED) is 0.378. The number of nitrogens with zero attached hydrogens (tertiary/aromatic N) is 1. The van der Waals surface area contributed by atoms with Crippen molar-refractivity contribution in [1.29, 1.82) is 0 Å². The van der Waals surface area contributed by atoms with Gasteiger partial charge >= 0.3 is 0 Å². The van der Waals surface area contributed by atoms with Crippen LogP contribution >= 0.6 is 0 Å².